The topological polar surface area (TPSA) is 76.1 Å². The Morgan fingerprint density at radius 1 is 1.17 bits per heavy atom. The summed E-state index contributed by atoms with van der Waals surface area (Å²) >= 11 is 0. The van der Waals surface area contributed by atoms with Gasteiger partial charge in [-0.1, -0.05) is 29.8 Å². The molecule has 2 aromatic rings. The number of amides is 1. The first-order valence-electron chi connectivity index (χ1n) is 7.57. The van der Waals surface area contributed by atoms with Crippen LogP contribution in [0.2, 0.25) is 0 Å². The largest absolute Gasteiger partial charge is 0.385 e. The van der Waals surface area contributed by atoms with Crippen LogP contribution in [-0.4, -0.2) is 36.1 Å². The third kappa shape index (κ3) is 5.67. The number of aromatic nitrogens is 2. The van der Waals surface area contributed by atoms with Gasteiger partial charge in [-0.2, -0.15) is 0 Å². The van der Waals surface area contributed by atoms with E-state index in [4.69, 9.17) is 4.74 Å². The summed E-state index contributed by atoms with van der Waals surface area (Å²) in [5.74, 6) is 0.327. The fourth-order valence-corrected chi connectivity index (χ4v) is 1.94. The molecule has 0 atom stereocenters. The van der Waals surface area contributed by atoms with Crippen LogP contribution in [0.25, 0.3) is 0 Å². The average Bonchev–Trinajstić information content (AvgIpc) is 2.58. The lowest BCUT2D eigenvalue weighted by Crippen LogP contribution is -2.23. The molecule has 2 rings (SSSR count). The number of carbonyl (C=O) groups excluding carboxylic acids is 1. The van der Waals surface area contributed by atoms with Gasteiger partial charge in [0.05, 0.1) is 5.56 Å². The Balaban J connectivity index is 1.81. The number of anilines is 1. The molecular weight excluding hydrogens is 292 g/mol. The Labute approximate surface area is 136 Å². The number of aryl methyl sites for hydroxylation is 1. The predicted molar refractivity (Wildman–Crippen MR) is 89.4 cm³/mol. The van der Waals surface area contributed by atoms with Crippen molar-refractivity contribution in [2.75, 3.05) is 25.6 Å². The molecule has 1 aromatic heterocycles. The molecule has 6 nitrogen and oxygen atoms in total. The van der Waals surface area contributed by atoms with E-state index in [2.05, 4.69) is 20.6 Å². The molecule has 1 amide bonds. The zero-order chi connectivity index (χ0) is 16.5. The molecular formula is C17H22N4O2. The van der Waals surface area contributed by atoms with Crippen molar-refractivity contribution in [1.82, 2.24) is 15.3 Å². The van der Waals surface area contributed by atoms with Gasteiger partial charge >= 0.3 is 0 Å². The smallest absolute Gasteiger partial charge is 0.254 e. The molecule has 122 valence electrons. The van der Waals surface area contributed by atoms with Crippen molar-refractivity contribution < 1.29 is 9.53 Å². The van der Waals surface area contributed by atoms with Gasteiger partial charge in [0.2, 0.25) is 5.95 Å². The maximum Gasteiger partial charge on any atom is 0.254 e. The molecule has 2 N–H and O–H groups in total. The number of nitrogens with one attached hydrogen (secondary N) is 2. The van der Waals surface area contributed by atoms with Crippen molar-refractivity contribution in [2.24, 2.45) is 0 Å². The van der Waals surface area contributed by atoms with E-state index in [1.165, 1.54) is 18.0 Å². The highest BCUT2D eigenvalue weighted by Gasteiger charge is 2.07. The number of hydrogen-bond acceptors (Lipinski definition) is 5. The van der Waals surface area contributed by atoms with Crippen molar-refractivity contribution in [3.05, 3.63) is 53.3 Å². The fourth-order valence-electron chi connectivity index (χ4n) is 1.94. The SMILES string of the molecule is COCCCNc1ncc(C(=O)NCc2ccc(C)cc2)cn1. The van der Waals surface area contributed by atoms with Crippen LogP contribution in [0, 0.1) is 6.92 Å². The second-order valence-electron chi connectivity index (χ2n) is 5.24. The number of methoxy groups -OCH3 is 1. The third-order valence-electron chi connectivity index (χ3n) is 3.30. The second-order valence-corrected chi connectivity index (χ2v) is 5.24. The van der Waals surface area contributed by atoms with E-state index in [1.54, 1.807) is 7.11 Å². The number of carbonyl (C=O) groups is 1. The van der Waals surface area contributed by atoms with Gasteiger partial charge in [-0.05, 0) is 18.9 Å². The Morgan fingerprint density at radius 2 is 1.87 bits per heavy atom. The van der Waals surface area contributed by atoms with Crippen molar-refractivity contribution in [1.29, 1.82) is 0 Å². The van der Waals surface area contributed by atoms with Crippen molar-refractivity contribution in [3.8, 4) is 0 Å². The molecule has 0 aliphatic rings. The Hall–Kier alpha value is -2.47. The summed E-state index contributed by atoms with van der Waals surface area (Å²) in [6, 6.07) is 8.04. The van der Waals surface area contributed by atoms with Crippen LogP contribution in [0.4, 0.5) is 5.95 Å². The summed E-state index contributed by atoms with van der Waals surface area (Å²) in [6.45, 7) is 3.93. The molecule has 0 radical (unpaired) electrons. The van der Waals surface area contributed by atoms with Crippen LogP contribution in [0.3, 0.4) is 0 Å². The van der Waals surface area contributed by atoms with Gasteiger partial charge in [0.1, 0.15) is 0 Å². The maximum absolute atomic E-state index is 12.1. The van der Waals surface area contributed by atoms with Gasteiger partial charge in [0.15, 0.2) is 0 Å². The van der Waals surface area contributed by atoms with Crippen LogP contribution >= 0.6 is 0 Å². The first-order chi connectivity index (χ1) is 11.2. The van der Waals surface area contributed by atoms with Crippen LogP contribution in [0.15, 0.2) is 36.7 Å². The van der Waals surface area contributed by atoms with Crippen LogP contribution in [0.5, 0.6) is 0 Å². The number of ether oxygens (including phenoxy) is 1. The van der Waals surface area contributed by atoms with Gasteiger partial charge in [-0.15, -0.1) is 0 Å². The molecule has 0 aliphatic heterocycles. The third-order valence-corrected chi connectivity index (χ3v) is 3.30. The highest BCUT2D eigenvalue weighted by Crippen LogP contribution is 2.04. The first kappa shape index (κ1) is 16.9. The van der Waals surface area contributed by atoms with Gasteiger partial charge in [-0.3, -0.25) is 4.79 Å². The van der Waals surface area contributed by atoms with Crippen molar-refractivity contribution >= 4 is 11.9 Å². The van der Waals surface area contributed by atoms with Gasteiger partial charge in [-0.25, -0.2) is 9.97 Å². The average molecular weight is 314 g/mol. The summed E-state index contributed by atoms with van der Waals surface area (Å²) in [5, 5.41) is 5.93. The lowest BCUT2D eigenvalue weighted by molar-refractivity contribution is 0.0950. The predicted octanol–water partition coefficient (Wildman–Crippen LogP) is 2.16. The first-order valence-corrected chi connectivity index (χ1v) is 7.57. The molecule has 0 bridgehead atoms. The van der Waals surface area contributed by atoms with E-state index < -0.39 is 0 Å². The number of benzene rings is 1. The van der Waals surface area contributed by atoms with Crippen molar-refractivity contribution in [3.63, 3.8) is 0 Å². The number of rotatable bonds is 8. The van der Waals surface area contributed by atoms with E-state index in [0.717, 1.165) is 18.5 Å². The summed E-state index contributed by atoms with van der Waals surface area (Å²) < 4.78 is 4.97. The van der Waals surface area contributed by atoms with Crippen LogP contribution in [0.1, 0.15) is 27.9 Å². The van der Waals surface area contributed by atoms with Gasteiger partial charge in [0, 0.05) is 39.2 Å². The standard InChI is InChI=1S/C17H22N4O2/c1-13-4-6-14(7-5-13)10-19-16(22)15-11-20-17(21-12-15)18-8-3-9-23-2/h4-7,11-12H,3,8-10H2,1-2H3,(H,19,22)(H,18,20,21). The van der Waals surface area contributed by atoms with E-state index in [0.29, 0.717) is 24.7 Å². The fraction of sp³-hybridized carbons (Fsp3) is 0.353. The minimum absolute atomic E-state index is 0.184. The molecule has 0 spiro atoms. The zero-order valence-electron chi connectivity index (χ0n) is 13.5. The van der Waals surface area contributed by atoms with Crippen LogP contribution in [-0.2, 0) is 11.3 Å². The number of nitrogens with zero attached hydrogens (tertiary/aromatic N) is 2. The summed E-state index contributed by atoms with van der Waals surface area (Å²) in [5.41, 5.74) is 2.70. The molecule has 0 saturated heterocycles. The molecule has 23 heavy (non-hydrogen) atoms. The van der Waals surface area contributed by atoms with E-state index in [1.807, 2.05) is 31.2 Å². The lowest BCUT2D eigenvalue weighted by atomic mass is 10.1. The Kier molecular flexibility index (Phi) is 6.50. The Bertz CT molecular complexity index is 611. The molecule has 0 saturated carbocycles. The minimum atomic E-state index is -0.184. The minimum Gasteiger partial charge on any atom is -0.385 e. The van der Waals surface area contributed by atoms with Gasteiger partial charge in [0.25, 0.3) is 5.91 Å². The van der Waals surface area contributed by atoms with Crippen molar-refractivity contribution in [2.45, 2.75) is 19.9 Å². The highest BCUT2D eigenvalue weighted by molar-refractivity contribution is 5.93. The Morgan fingerprint density at radius 3 is 2.52 bits per heavy atom. The van der Waals surface area contributed by atoms with Crippen LogP contribution < -0.4 is 10.6 Å². The molecule has 0 unspecified atom stereocenters. The highest BCUT2D eigenvalue weighted by atomic mass is 16.5. The second kappa shape index (κ2) is 8.85. The quantitative estimate of drug-likeness (QED) is 0.730. The summed E-state index contributed by atoms with van der Waals surface area (Å²) in [7, 11) is 1.67. The normalized spacial score (nSPS) is 10.3. The zero-order valence-corrected chi connectivity index (χ0v) is 13.5. The monoisotopic (exact) mass is 314 g/mol. The number of hydrogen-bond donors (Lipinski definition) is 2. The molecule has 0 aliphatic carbocycles. The van der Waals surface area contributed by atoms with Gasteiger partial charge < -0.3 is 15.4 Å². The molecule has 6 heteroatoms. The molecule has 1 aromatic carbocycles. The summed E-state index contributed by atoms with van der Waals surface area (Å²) in [6.07, 6.45) is 3.92. The van der Waals surface area contributed by atoms with E-state index in [9.17, 15) is 4.79 Å². The maximum atomic E-state index is 12.1. The lowest BCUT2D eigenvalue weighted by Gasteiger charge is -2.07. The van der Waals surface area contributed by atoms with E-state index in [-0.39, 0.29) is 5.91 Å². The molecule has 1 heterocycles. The molecule has 0 fully saturated rings. The summed E-state index contributed by atoms with van der Waals surface area (Å²) in [4.78, 5) is 20.3. The van der Waals surface area contributed by atoms with E-state index >= 15 is 0 Å².